The number of para-hydroxylation sites is 2. The van der Waals surface area contributed by atoms with Crippen LogP contribution in [0, 0.1) is 0 Å². The summed E-state index contributed by atoms with van der Waals surface area (Å²) < 4.78 is 2.44. The van der Waals surface area contributed by atoms with Crippen LogP contribution in [0.3, 0.4) is 0 Å². The van der Waals surface area contributed by atoms with Crippen molar-refractivity contribution in [2.24, 2.45) is 0 Å². The Labute approximate surface area is 123 Å². The van der Waals surface area contributed by atoms with Gasteiger partial charge in [0.1, 0.15) is 5.82 Å². The molecule has 1 aliphatic heterocycles. The lowest BCUT2D eigenvalue weighted by Gasteiger charge is -2.09. The number of hydrogen-bond donors (Lipinski definition) is 1. The van der Waals surface area contributed by atoms with Gasteiger partial charge in [-0.3, -0.25) is 0 Å². The van der Waals surface area contributed by atoms with Crippen molar-refractivity contribution in [2.75, 3.05) is 11.9 Å². The molecule has 0 amide bonds. The molecule has 104 valence electrons. The van der Waals surface area contributed by atoms with Gasteiger partial charge in [-0.1, -0.05) is 24.3 Å². The Morgan fingerprint density at radius 3 is 2.90 bits per heavy atom. The highest BCUT2D eigenvalue weighted by Crippen LogP contribution is 2.41. The van der Waals surface area contributed by atoms with E-state index in [1.54, 1.807) is 0 Å². The van der Waals surface area contributed by atoms with Crippen molar-refractivity contribution in [1.82, 2.24) is 9.55 Å². The molecule has 3 nitrogen and oxygen atoms in total. The van der Waals surface area contributed by atoms with Crippen LogP contribution >= 0.6 is 0 Å². The van der Waals surface area contributed by atoms with E-state index < -0.39 is 0 Å². The maximum Gasteiger partial charge on any atom is 0.141 e. The van der Waals surface area contributed by atoms with Crippen LogP contribution in [0.2, 0.25) is 0 Å². The average molecular weight is 275 g/mol. The molecule has 2 aliphatic rings. The van der Waals surface area contributed by atoms with Crippen LogP contribution in [0.25, 0.3) is 22.4 Å². The summed E-state index contributed by atoms with van der Waals surface area (Å²) >= 11 is 0. The lowest BCUT2D eigenvalue weighted by molar-refractivity contribution is 0.775. The van der Waals surface area contributed by atoms with Gasteiger partial charge in [0.2, 0.25) is 0 Å². The number of nitrogens with one attached hydrogen (secondary N) is 1. The third-order valence-corrected chi connectivity index (χ3v) is 4.59. The summed E-state index contributed by atoms with van der Waals surface area (Å²) in [6.07, 6.45) is 3.68. The number of fused-ring (bicyclic) bond motifs is 2. The molecular weight excluding hydrogens is 258 g/mol. The van der Waals surface area contributed by atoms with E-state index in [4.69, 9.17) is 4.98 Å². The van der Waals surface area contributed by atoms with E-state index in [9.17, 15) is 0 Å². The number of hydrogen-bond acceptors (Lipinski definition) is 2. The molecule has 2 heterocycles. The van der Waals surface area contributed by atoms with Gasteiger partial charge in [0.15, 0.2) is 0 Å². The maximum absolute atomic E-state index is 4.90. The fraction of sp³-hybridized carbons (Fsp3) is 0.278. The molecule has 0 atom stereocenters. The third kappa shape index (κ3) is 1.70. The summed E-state index contributed by atoms with van der Waals surface area (Å²) in [5, 5.41) is 3.47. The summed E-state index contributed by atoms with van der Waals surface area (Å²) in [6, 6.07) is 15.9. The SMILES string of the molecule is c1ccc2c(c1)nc(-c1ccc3c(c1)NCC3)n2C1CC1. The molecular formula is C18H17N3. The highest BCUT2D eigenvalue weighted by molar-refractivity contribution is 5.82. The lowest BCUT2D eigenvalue weighted by atomic mass is 10.1. The van der Waals surface area contributed by atoms with Gasteiger partial charge in [0.05, 0.1) is 11.0 Å². The van der Waals surface area contributed by atoms with Gasteiger partial charge in [-0.2, -0.15) is 0 Å². The zero-order valence-electron chi connectivity index (χ0n) is 11.8. The van der Waals surface area contributed by atoms with Crippen LogP contribution in [-0.2, 0) is 6.42 Å². The predicted molar refractivity (Wildman–Crippen MR) is 85.6 cm³/mol. The summed E-state index contributed by atoms with van der Waals surface area (Å²) in [7, 11) is 0. The molecule has 0 bridgehead atoms. The van der Waals surface area contributed by atoms with Crippen molar-refractivity contribution < 1.29 is 0 Å². The Morgan fingerprint density at radius 2 is 2.00 bits per heavy atom. The first-order valence-electron chi connectivity index (χ1n) is 7.74. The second-order valence-corrected chi connectivity index (χ2v) is 6.07. The number of aromatic nitrogens is 2. The summed E-state index contributed by atoms with van der Waals surface area (Å²) in [5.41, 5.74) is 6.30. The average Bonchev–Trinajstić information content (AvgIpc) is 3.12. The molecule has 0 saturated heterocycles. The van der Waals surface area contributed by atoms with Crippen molar-refractivity contribution >= 4 is 16.7 Å². The molecule has 5 rings (SSSR count). The fourth-order valence-corrected chi connectivity index (χ4v) is 3.38. The number of nitrogens with zero attached hydrogens (tertiary/aromatic N) is 2. The van der Waals surface area contributed by atoms with Gasteiger partial charge in [0.25, 0.3) is 0 Å². The van der Waals surface area contributed by atoms with E-state index in [0.29, 0.717) is 6.04 Å². The first-order valence-corrected chi connectivity index (χ1v) is 7.74. The van der Waals surface area contributed by atoms with E-state index in [-0.39, 0.29) is 0 Å². The second-order valence-electron chi connectivity index (χ2n) is 6.07. The number of benzene rings is 2. The Bertz CT molecular complexity index is 843. The molecule has 2 aromatic carbocycles. The van der Waals surface area contributed by atoms with Crippen LogP contribution in [0.5, 0.6) is 0 Å². The van der Waals surface area contributed by atoms with E-state index in [0.717, 1.165) is 24.3 Å². The van der Waals surface area contributed by atoms with E-state index in [2.05, 4.69) is 52.3 Å². The molecule has 0 spiro atoms. The zero-order chi connectivity index (χ0) is 13.8. The van der Waals surface area contributed by atoms with Crippen LogP contribution in [0.15, 0.2) is 42.5 Å². The summed E-state index contributed by atoms with van der Waals surface area (Å²) in [4.78, 5) is 4.90. The predicted octanol–water partition coefficient (Wildman–Crippen LogP) is 4.01. The van der Waals surface area contributed by atoms with Gasteiger partial charge >= 0.3 is 0 Å². The Morgan fingerprint density at radius 1 is 1.10 bits per heavy atom. The largest absolute Gasteiger partial charge is 0.384 e. The summed E-state index contributed by atoms with van der Waals surface area (Å²) in [6.45, 7) is 1.05. The van der Waals surface area contributed by atoms with Gasteiger partial charge in [-0.05, 0) is 43.0 Å². The minimum absolute atomic E-state index is 0.633. The molecule has 1 N–H and O–H groups in total. The first kappa shape index (κ1) is 11.4. The summed E-state index contributed by atoms with van der Waals surface area (Å²) in [5.74, 6) is 1.12. The maximum atomic E-state index is 4.90. The highest BCUT2D eigenvalue weighted by Gasteiger charge is 2.28. The molecule has 1 fully saturated rings. The van der Waals surface area contributed by atoms with Crippen molar-refractivity contribution in [3.8, 4) is 11.4 Å². The highest BCUT2D eigenvalue weighted by atomic mass is 15.1. The molecule has 0 unspecified atom stereocenters. The number of anilines is 1. The van der Waals surface area contributed by atoms with E-state index in [1.165, 1.54) is 35.2 Å². The normalized spacial score (nSPS) is 17.0. The first-order chi connectivity index (χ1) is 10.4. The van der Waals surface area contributed by atoms with Crippen molar-refractivity contribution in [3.63, 3.8) is 0 Å². The standard InChI is InChI=1S/C18H17N3/c1-2-4-17-15(3-1)20-18(21(17)14-7-8-14)13-6-5-12-9-10-19-16(12)11-13/h1-6,11,14,19H,7-10H2. The monoisotopic (exact) mass is 275 g/mol. The van der Waals surface area contributed by atoms with Crippen LogP contribution in [0.1, 0.15) is 24.4 Å². The third-order valence-electron chi connectivity index (χ3n) is 4.59. The van der Waals surface area contributed by atoms with Crippen molar-refractivity contribution in [3.05, 3.63) is 48.0 Å². The van der Waals surface area contributed by atoms with Crippen LogP contribution < -0.4 is 5.32 Å². The van der Waals surface area contributed by atoms with Crippen molar-refractivity contribution in [2.45, 2.75) is 25.3 Å². The Hall–Kier alpha value is -2.29. The quantitative estimate of drug-likeness (QED) is 0.766. The molecule has 1 saturated carbocycles. The molecule has 21 heavy (non-hydrogen) atoms. The fourth-order valence-electron chi connectivity index (χ4n) is 3.38. The number of imidazole rings is 1. The minimum atomic E-state index is 0.633. The van der Waals surface area contributed by atoms with Crippen molar-refractivity contribution in [1.29, 1.82) is 0 Å². The van der Waals surface area contributed by atoms with E-state index in [1.807, 2.05) is 0 Å². The molecule has 1 aliphatic carbocycles. The second kappa shape index (κ2) is 4.10. The molecule has 3 aromatic rings. The van der Waals surface area contributed by atoms with E-state index >= 15 is 0 Å². The molecule has 0 radical (unpaired) electrons. The van der Waals surface area contributed by atoms with Gasteiger partial charge < -0.3 is 9.88 Å². The molecule has 1 aromatic heterocycles. The minimum Gasteiger partial charge on any atom is -0.384 e. The van der Waals surface area contributed by atoms with Gasteiger partial charge in [-0.25, -0.2) is 4.98 Å². The molecule has 3 heteroatoms. The lowest BCUT2D eigenvalue weighted by Crippen LogP contribution is -1.98. The number of rotatable bonds is 2. The smallest absolute Gasteiger partial charge is 0.141 e. The Kier molecular flexibility index (Phi) is 2.22. The van der Waals surface area contributed by atoms with Gasteiger partial charge in [0, 0.05) is 23.8 Å². The zero-order valence-corrected chi connectivity index (χ0v) is 11.8. The van der Waals surface area contributed by atoms with Crippen LogP contribution in [-0.4, -0.2) is 16.1 Å². The topological polar surface area (TPSA) is 29.9 Å². The van der Waals surface area contributed by atoms with Crippen LogP contribution in [0.4, 0.5) is 5.69 Å². The van der Waals surface area contributed by atoms with Gasteiger partial charge in [-0.15, -0.1) is 0 Å². The Balaban J connectivity index is 1.75.